The summed E-state index contributed by atoms with van der Waals surface area (Å²) in [4.78, 5) is 24.1. The number of urea groups is 1. The Balaban J connectivity index is 2.58. The summed E-state index contributed by atoms with van der Waals surface area (Å²) < 4.78 is 12.8. The number of halogens is 1. The lowest BCUT2D eigenvalue weighted by Gasteiger charge is -2.28. The molecule has 0 saturated heterocycles. The molecule has 0 aliphatic carbocycles. The highest BCUT2D eigenvalue weighted by molar-refractivity contribution is 5.76. The van der Waals surface area contributed by atoms with E-state index < -0.39 is 11.5 Å². The maximum atomic E-state index is 12.8. The molecule has 0 spiro atoms. The van der Waals surface area contributed by atoms with Crippen LogP contribution in [0, 0.1) is 5.82 Å². The maximum Gasteiger partial charge on any atom is 0.317 e. The molecule has 0 unspecified atom stereocenters. The summed E-state index contributed by atoms with van der Waals surface area (Å²) in [7, 11) is 1.59. The minimum atomic E-state index is -0.975. The third kappa shape index (κ3) is 5.26. The van der Waals surface area contributed by atoms with Crippen LogP contribution in [-0.4, -0.2) is 34.6 Å². The van der Waals surface area contributed by atoms with Gasteiger partial charge in [-0.25, -0.2) is 9.18 Å². The van der Waals surface area contributed by atoms with Crippen molar-refractivity contribution in [3.05, 3.63) is 35.6 Å². The lowest BCUT2D eigenvalue weighted by molar-refractivity contribution is -0.138. The molecule has 0 heterocycles. The second-order valence-corrected chi connectivity index (χ2v) is 5.37. The summed E-state index contributed by atoms with van der Waals surface area (Å²) in [6.07, 6.45) is -0.164. The molecule has 0 fully saturated rings. The summed E-state index contributed by atoms with van der Waals surface area (Å²) >= 11 is 0. The lowest BCUT2D eigenvalue weighted by Crippen LogP contribution is -2.49. The highest BCUT2D eigenvalue weighted by atomic mass is 19.1. The molecule has 6 heteroatoms. The molecule has 0 aliphatic heterocycles. The zero-order valence-corrected chi connectivity index (χ0v) is 11.8. The minimum Gasteiger partial charge on any atom is -0.481 e. The first-order chi connectivity index (χ1) is 9.19. The molecule has 5 nitrogen and oxygen atoms in total. The van der Waals surface area contributed by atoms with Crippen LogP contribution in [-0.2, 0) is 11.3 Å². The molecule has 0 aliphatic rings. The predicted octanol–water partition coefficient (Wildman–Crippen LogP) is 2.22. The smallest absolute Gasteiger partial charge is 0.317 e. The topological polar surface area (TPSA) is 69.6 Å². The second kappa shape index (κ2) is 6.36. The van der Waals surface area contributed by atoms with E-state index in [1.807, 2.05) is 0 Å². The standard InChI is InChI=1S/C14H19FN2O3/c1-14(2,8-12(18)19)16-13(20)17(3)9-10-4-6-11(15)7-5-10/h4-7H,8-9H2,1-3H3,(H,16,20)(H,18,19). The molecule has 1 aromatic rings. The van der Waals surface area contributed by atoms with Gasteiger partial charge in [-0.2, -0.15) is 0 Å². The van der Waals surface area contributed by atoms with Gasteiger partial charge in [-0.05, 0) is 31.5 Å². The Morgan fingerprint density at radius 1 is 1.30 bits per heavy atom. The van der Waals surface area contributed by atoms with E-state index in [-0.39, 0.29) is 18.3 Å². The number of nitrogens with one attached hydrogen (secondary N) is 1. The molecule has 1 rings (SSSR count). The number of carbonyl (C=O) groups excluding carboxylic acids is 1. The van der Waals surface area contributed by atoms with Crippen molar-refractivity contribution in [1.29, 1.82) is 0 Å². The fraction of sp³-hybridized carbons (Fsp3) is 0.429. The molecule has 0 bridgehead atoms. The van der Waals surface area contributed by atoms with Gasteiger partial charge in [-0.1, -0.05) is 12.1 Å². The number of aliphatic carboxylic acids is 1. The van der Waals surface area contributed by atoms with Crippen LogP contribution in [0.1, 0.15) is 25.8 Å². The van der Waals surface area contributed by atoms with Gasteiger partial charge < -0.3 is 15.3 Å². The Labute approximate surface area is 117 Å². The largest absolute Gasteiger partial charge is 0.481 e. The van der Waals surface area contributed by atoms with Gasteiger partial charge in [0.05, 0.1) is 6.42 Å². The van der Waals surface area contributed by atoms with Crippen molar-refractivity contribution in [2.24, 2.45) is 0 Å². The van der Waals surface area contributed by atoms with Crippen molar-refractivity contribution in [3.63, 3.8) is 0 Å². The number of benzene rings is 1. The number of carbonyl (C=O) groups is 2. The number of carboxylic acids is 1. The van der Waals surface area contributed by atoms with Gasteiger partial charge in [-0.3, -0.25) is 4.79 Å². The van der Waals surface area contributed by atoms with Gasteiger partial charge in [-0.15, -0.1) is 0 Å². The molecule has 2 N–H and O–H groups in total. The van der Waals surface area contributed by atoms with Crippen LogP contribution >= 0.6 is 0 Å². The van der Waals surface area contributed by atoms with Gasteiger partial charge >= 0.3 is 12.0 Å². The van der Waals surface area contributed by atoms with Crippen LogP contribution < -0.4 is 5.32 Å². The zero-order chi connectivity index (χ0) is 15.3. The summed E-state index contributed by atoms with van der Waals surface area (Å²) in [5, 5.41) is 11.4. The molecular weight excluding hydrogens is 263 g/mol. The Morgan fingerprint density at radius 2 is 1.85 bits per heavy atom. The molecule has 0 saturated carbocycles. The average Bonchev–Trinajstić information content (AvgIpc) is 2.29. The Kier molecular flexibility index (Phi) is 5.07. The fourth-order valence-electron chi connectivity index (χ4n) is 1.74. The summed E-state index contributed by atoms with van der Waals surface area (Å²) in [6, 6.07) is 5.48. The van der Waals surface area contributed by atoms with Crippen molar-refractivity contribution in [3.8, 4) is 0 Å². The first-order valence-corrected chi connectivity index (χ1v) is 6.19. The third-order valence-corrected chi connectivity index (χ3v) is 2.72. The molecule has 110 valence electrons. The average molecular weight is 282 g/mol. The van der Waals surface area contributed by atoms with Crippen LogP contribution in [0.25, 0.3) is 0 Å². The minimum absolute atomic E-state index is 0.164. The summed E-state index contributed by atoms with van der Waals surface area (Å²) in [5.41, 5.74) is -0.0416. The Hall–Kier alpha value is -2.11. The van der Waals surface area contributed by atoms with Crippen molar-refractivity contribution < 1.29 is 19.1 Å². The van der Waals surface area contributed by atoms with E-state index in [1.165, 1.54) is 17.0 Å². The monoisotopic (exact) mass is 282 g/mol. The number of hydrogen-bond donors (Lipinski definition) is 2. The lowest BCUT2D eigenvalue weighted by atomic mass is 10.0. The van der Waals surface area contributed by atoms with Crippen molar-refractivity contribution in [2.45, 2.75) is 32.4 Å². The number of nitrogens with zero attached hydrogens (tertiary/aromatic N) is 1. The fourth-order valence-corrected chi connectivity index (χ4v) is 1.74. The van der Waals surface area contributed by atoms with Crippen LogP contribution in [0.15, 0.2) is 24.3 Å². The van der Waals surface area contributed by atoms with Gasteiger partial charge in [0.25, 0.3) is 0 Å². The highest BCUT2D eigenvalue weighted by Gasteiger charge is 2.25. The number of hydrogen-bond acceptors (Lipinski definition) is 2. The van der Waals surface area contributed by atoms with Crippen LogP contribution in [0.2, 0.25) is 0 Å². The maximum absolute atomic E-state index is 12.8. The summed E-state index contributed by atoms with van der Waals surface area (Å²) in [5.74, 6) is -1.31. The number of carboxylic acid groups (broad SMARTS) is 1. The highest BCUT2D eigenvalue weighted by Crippen LogP contribution is 2.10. The van der Waals surface area contributed by atoms with E-state index in [1.54, 1.807) is 33.0 Å². The van der Waals surface area contributed by atoms with Crippen molar-refractivity contribution in [2.75, 3.05) is 7.05 Å². The van der Waals surface area contributed by atoms with Crippen LogP contribution in [0.5, 0.6) is 0 Å². The number of amides is 2. The number of rotatable bonds is 5. The molecule has 20 heavy (non-hydrogen) atoms. The molecule has 1 aromatic carbocycles. The van der Waals surface area contributed by atoms with E-state index in [4.69, 9.17) is 5.11 Å². The van der Waals surface area contributed by atoms with Crippen molar-refractivity contribution in [1.82, 2.24) is 10.2 Å². The predicted molar refractivity (Wildman–Crippen MR) is 72.7 cm³/mol. The van der Waals surface area contributed by atoms with Crippen LogP contribution in [0.4, 0.5) is 9.18 Å². The molecule has 2 amide bonds. The molecule has 0 atom stereocenters. The van der Waals surface area contributed by atoms with Crippen molar-refractivity contribution >= 4 is 12.0 Å². The third-order valence-electron chi connectivity index (χ3n) is 2.72. The second-order valence-electron chi connectivity index (χ2n) is 5.37. The zero-order valence-electron chi connectivity index (χ0n) is 11.8. The van der Waals surface area contributed by atoms with E-state index in [0.29, 0.717) is 6.54 Å². The van der Waals surface area contributed by atoms with Gasteiger partial charge in [0.1, 0.15) is 5.82 Å². The molecular formula is C14H19FN2O3. The van der Waals surface area contributed by atoms with Crippen LogP contribution in [0.3, 0.4) is 0 Å². The normalized spacial score (nSPS) is 11.0. The first-order valence-electron chi connectivity index (χ1n) is 6.19. The molecule has 0 radical (unpaired) electrons. The Morgan fingerprint density at radius 3 is 2.35 bits per heavy atom. The van der Waals surface area contributed by atoms with Gasteiger partial charge in [0, 0.05) is 19.1 Å². The van der Waals surface area contributed by atoms with E-state index in [9.17, 15) is 14.0 Å². The quantitative estimate of drug-likeness (QED) is 0.870. The van der Waals surface area contributed by atoms with Gasteiger partial charge in [0.2, 0.25) is 0 Å². The van der Waals surface area contributed by atoms with Gasteiger partial charge in [0.15, 0.2) is 0 Å². The SMILES string of the molecule is CN(Cc1ccc(F)cc1)C(=O)NC(C)(C)CC(=O)O. The Bertz CT molecular complexity index is 486. The summed E-state index contributed by atoms with van der Waals surface area (Å²) in [6.45, 7) is 3.60. The molecule has 0 aromatic heterocycles. The van der Waals surface area contributed by atoms with E-state index in [0.717, 1.165) is 5.56 Å². The van der Waals surface area contributed by atoms with E-state index >= 15 is 0 Å². The first kappa shape index (κ1) is 15.9. The van der Waals surface area contributed by atoms with E-state index in [2.05, 4.69) is 5.32 Å².